The number of aliphatic hydroxyl groups excluding tert-OH is 1. The summed E-state index contributed by atoms with van der Waals surface area (Å²) in [7, 11) is 0. The molecule has 0 saturated heterocycles. The molecular formula is C16H23NO3. The smallest absolute Gasteiger partial charge is 0.410 e. The summed E-state index contributed by atoms with van der Waals surface area (Å²) in [6.45, 7) is 6.22. The highest BCUT2D eigenvalue weighted by atomic mass is 16.6. The number of carbonyl (C=O) groups excluding carboxylic acids is 1. The number of nitrogens with zero attached hydrogens (tertiary/aromatic N) is 1. The summed E-state index contributed by atoms with van der Waals surface area (Å²) < 4.78 is 5.47. The van der Waals surface area contributed by atoms with E-state index in [0.29, 0.717) is 13.0 Å². The summed E-state index contributed by atoms with van der Waals surface area (Å²) in [6.07, 6.45) is 1.05. The van der Waals surface area contributed by atoms with E-state index >= 15 is 0 Å². The van der Waals surface area contributed by atoms with Crippen molar-refractivity contribution in [1.29, 1.82) is 0 Å². The third-order valence-corrected chi connectivity index (χ3v) is 3.45. The van der Waals surface area contributed by atoms with Gasteiger partial charge in [-0.1, -0.05) is 24.3 Å². The molecule has 0 bridgehead atoms. The van der Waals surface area contributed by atoms with E-state index in [2.05, 4.69) is 6.07 Å². The molecule has 0 radical (unpaired) electrons. The van der Waals surface area contributed by atoms with Crippen molar-refractivity contribution in [3.63, 3.8) is 0 Å². The van der Waals surface area contributed by atoms with Crippen LogP contribution in [0.5, 0.6) is 0 Å². The van der Waals surface area contributed by atoms with Crippen LogP contribution in [-0.4, -0.2) is 34.3 Å². The molecule has 1 N–H and O–H groups in total. The first-order chi connectivity index (χ1) is 9.40. The van der Waals surface area contributed by atoms with E-state index in [1.165, 1.54) is 5.56 Å². The van der Waals surface area contributed by atoms with Gasteiger partial charge >= 0.3 is 6.09 Å². The van der Waals surface area contributed by atoms with Gasteiger partial charge in [0.1, 0.15) is 5.60 Å². The molecule has 2 rings (SSSR count). The first kappa shape index (κ1) is 14.9. The van der Waals surface area contributed by atoms with Crippen LogP contribution in [0.3, 0.4) is 0 Å². The summed E-state index contributed by atoms with van der Waals surface area (Å²) in [5.74, 6) is 0. The molecule has 1 amide bonds. The minimum atomic E-state index is -0.502. The molecule has 0 fully saturated rings. The molecule has 1 aliphatic rings. The fourth-order valence-electron chi connectivity index (χ4n) is 2.53. The molecule has 4 heteroatoms. The summed E-state index contributed by atoms with van der Waals surface area (Å²) in [5, 5.41) is 9.22. The summed E-state index contributed by atoms with van der Waals surface area (Å²) >= 11 is 0. The molecule has 20 heavy (non-hydrogen) atoms. The van der Waals surface area contributed by atoms with Crippen LogP contribution in [0.4, 0.5) is 4.79 Å². The Hall–Kier alpha value is -1.55. The van der Waals surface area contributed by atoms with Gasteiger partial charge in [0.25, 0.3) is 0 Å². The van der Waals surface area contributed by atoms with Crippen LogP contribution >= 0.6 is 0 Å². The number of hydrogen-bond donors (Lipinski definition) is 1. The summed E-state index contributed by atoms with van der Waals surface area (Å²) in [6, 6.07) is 8.13. The van der Waals surface area contributed by atoms with E-state index < -0.39 is 5.60 Å². The summed E-state index contributed by atoms with van der Waals surface area (Å²) in [4.78, 5) is 14.1. The molecule has 110 valence electrons. The first-order valence-corrected chi connectivity index (χ1v) is 7.08. The van der Waals surface area contributed by atoms with Crippen LogP contribution < -0.4 is 0 Å². The zero-order chi connectivity index (χ0) is 14.8. The van der Waals surface area contributed by atoms with Gasteiger partial charge in [0.05, 0.1) is 0 Å². The molecule has 0 aliphatic carbocycles. The number of carbonyl (C=O) groups is 1. The van der Waals surface area contributed by atoms with E-state index in [-0.39, 0.29) is 18.7 Å². The molecular weight excluding hydrogens is 254 g/mol. The van der Waals surface area contributed by atoms with Crippen LogP contribution in [0.15, 0.2) is 24.3 Å². The topological polar surface area (TPSA) is 49.8 Å². The van der Waals surface area contributed by atoms with Gasteiger partial charge in [-0.15, -0.1) is 0 Å². The van der Waals surface area contributed by atoms with Crippen LogP contribution in [0, 0.1) is 0 Å². The van der Waals surface area contributed by atoms with Gasteiger partial charge < -0.3 is 14.7 Å². The van der Waals surface area contributed by atoms with E-state index in [0.717, 1.165) is 12.0 Å². The molecule has 1 aromatic carbocycles. The fourth-order valence-corrected chi connectivity index (χ4v) is 2.53. The third kappa shape index (κ3) is 3.51. The molecule has 1 aliphatic heterocycles. The number of hydrogen-bond acceptors (Lipinski definition) is 3. The van der Waals surface area contributed by atoms with Crippen LogP contribution in [-0.2, 0) is 17.7 Å². The number of ether oxygens (including phenoxy) is 1. The van der Waals surface area contributed by atoms with Gasteiger partial charge in [-0.05, 0) is 44.7 Å². The molecule has 0 spiro atoms. The lowest BCUT2D eigenvalue weighted by molar-refractivity contribution is 0.00935. The highest BCUT2D eigenvalue weighted by Crippen LogP contribution is 2.26. The second-order valence-electron chi connectivity index (χ2n) is 6.25. The fraction of sp³-hybridized carbons (Fsp3) is 0.562. The normalized spacial score (nSPS) is 18.6. The second-order valence-corrected chi connectivity index (χ2v) is 6.25. The number of aliphatic hydroxyl groups is 1. The van der Waals surface area contributed by atoms with Gasteiger partial charge in [0.2, 0.25) is 0 Å². The maximum Gasteiger partial charge on any atom is 0.410 e. The zero-order valence-electron chi connectivity index (χ0n) is 12.4. The van der Waals surface area contributed by atoms with Crippen molar-refractivity contribution in [2.75, 3.05) is 6.61 Å². The van der Waals surface area contributed by atoms with Gasteiger partial charge in [0, 0.05) is 19.2 Å². The Labute approximate surface area is 120 Å². The maximum absolute atomic E-state index is 12.3. The Morgan fingerprint density at radius 2 is 2.00 bits per heavy atom. The van der Waals surface area contributed by atoms with E-state index in [9.17, 15) is 9.90 Å². The Morgan fingerprint density at radius 1 is 1.35 bits per heavy atom. The molecule has 4 nitrogen and oxygen atoms in total. The van der Waals surface area contributed by atoms with Gasteiger partial charge in [0.15, 0.2) is 0 Å². The first-order valence-electron chi connectivity index (χ1n) is 7.08. The van der Waals surface area contributed by atoms with Crippen molar-refractivity contribution in [2.24, 2.45) is 0 Å². The quantitative estimate of drug-likeness (QED) is 0.904. The lowest BCUT2D eigenvalue weighted by Crippen LogP contribution is -2.46. The Kier molecular flexibility index (Phi) is 4.33. The Bertz CT molecular complexity index is 479. The number of fused-ring (bicyclic) bond motifs is 1. The predicted octanol–water partition coefficient (Wildman–Crippen LogP) is 2.73. The number of rotatable bonds is 2. The molecule has 1 heterocycles. The minimum absolute atomic E-state index is 0.00440. The number of amides is 1. The van der Waals surface area contributed by atoms with Crippen LogP contribution in [0.1, 0.15) is 38.3 Å². The minimum Gasteiger partial charge on any atom is -0.444 e. The van der Waals surface area contributed by atoms with E-state index in [4.69, 9.17) is 4.74 Å². The lowest BCUT2D eigenvalue weighted by Gasteiger charge is -2.37. The molecule has 1 aromatic rings. The summed E-state index contributed by atoms with van der Waals surface area (Å²) in [5.41, 5.74) is 1.91. The largest absolute Gasteiger partial charge is 0.444 e. The molecule has 0 saturated carbocycles. The molecule has 1 atom stereocenters. The van der Waals surface area contributed by atoms with Crippen molar-refractivity contribution in [3.8, 4) is 0 Å². The monoisotopic (exact) mass is 277 g/mol. The molecule has 0 unspecified atom stereocenters. The standard InChI is InChI=1S/C16H23NO3/c1-16(2,3)20-15(19)17-11-13-7-5-4-6-12(13)10-14(17)8-9-18/h4-7,14,18H,8-11H2,1-3H3/t14-/m0/s1. The van der Waals surface area contributed by atoms with Gasteiger partial charge in [-0.2, -0.15) is 0 Å². The van der Waals surface area contributed by atoms with Crippen molar-refractivity contribution >= 4 is 6.09 Å². The van der Waals surface area contributed by atoms with E-state index in [1.54, 1.807) is 4.90 Å². The average molecular weight is 277 g/mol. The molecule has 0 aromatic heterocycles. The van der Waals surface area contributed by atoms with Crippen molar-refractivity contribution in [3.05, 3.63) is 35.4 Å². The van der Waals surface area contributed by atoms with Crippen molar-refractivity contribution in [1.82, 2.24) is 4.90 Å². The number of benzene rings is 1. The maximum atomic E-state index is 12.3. The van der Waals surface area contributed by atoms with E-state index in [1.807, 2.05) is 39.0 Å². The lowest BCUT2D eigenvalue weighted by atomic mass is 9.93. The van der Waals surface area contributed by atoms with Crippen molar-refractivity contribution in [2.45, 2.75) is 51.8 Å². The zero-order valence-corrected chi connectivity index (χ0v) is 12.4. The predicted molar refractivity (Wildman–Crippen MR) is 77.4 cm³/mol. The van der Waals surface area contributed by atoms with Gasteiger partial charge in [-0.3, -0.25) is 0 Å². The van der Waals surface area contributed by atoms with Crippen LogP contribution in [0.2, 0.25) is 0 Å². The third-order valence-electron chi connectivity index (χ3n) is 3.45. The van der Waals surface area contributed by atoms with Gasteiger partial charge in [-0.25, -0.2) is 4.79 Å². The average Bonchev–Trinajstić information content (AvgIpc) is 2.36. The highest BCUT2D eigenvalue weighted by molar-refractivity contribution is 5.69. The Morgan fingerprint density at radius 3 is 2.60 bits per heavy atom. The van der Waals surface area contributed by atoms with Crippen molar-refractivity contribution < 1.29 is 14.6 Å². The Balaban J connectivity index is 2.19. The second kappa shape index (κ2) is 5.83. The SMILES string of the molecule is CC(C)(C)OC(=O)N1Cc2ccccc2C[C@@H]1CCO. The van der Waals surface area contributed by atoms with Crippen LogP contribution in [0.25, 0.3) is 0 Å². The highest BCUT2D eigenvalue weighted by Gasteiger charge is 2.32.